The molecule has 0 saturated heterocycles. The first-order valence-electron chi connectivity index (χ1n) is 7.69. The van der Waals surface area contributed by atoms with Gasteiger partial charge < -0.3 is 21.5 Å². The minimum atomic E-state index is -1.08. The van der Waals surface area contributed by atoms with E-state index in [0.717, 1.165) is 0 Å². The molecule has 0 aromatic rings. The van der Waals surface area contributed by atoms with Crippen LogP contribution in [0, 0.1) is 11.8 Å². The van der Waals surface area contributed by atoms with Gasteiger partial charge in [-0.3, -0.25) is 9.59 Å². The van der Waals surface area contributed by atoms with E-state index in [0.29, 0.717) is 12.8 Å². The maximum Gasteiger partial charge on any atom is 0.326 e. The summed E-state index contributed by atoms with van der Waals surface area (Å²) >= 11 is 0. The maximum atomic E-state index is 12.4. The number of carboxylic acid groups (broad SMARTS) is 1. The minimum absolute atomic E-state index is 0.127. The molecule has 4 atom stereocenters. The Morgan fingerprint density at radius 2 is 1.59 bits per heavy atom. The lowest BCUT2D eigenvalue weighted by atomic mass is 9.96. The van der Waals surface area contributed by atoms with E-state index in [9.17, 15) is 19.5 Å². The first-order valence-corrected chi connectivity index (χ1v) is 7.69. The van der Waals surface area contributed by atoms with Gasteiger partial charge in [0.25, 0.3) is 0 Å². The lowest BCUT2D eigenvalue weighted by molar-refractivity contribution is -0.143. The van der Waals surface area contributed by atoms with Crippen molar-refractivity contribution in [3.8, 4) is 0 Å². The highest BCUT2D eigenvalue weighted by atomic mass is 16.4. The zero-order chi connectivity index (χ0) is 17.4. The number of carbonyl (C=O) groups is 3. The Morgan fingerprint density at radius 3 is 1.95 bits per heavy atom. The van der Waals surface area contributed by atoms with Gasteiger partial charge in [-0.2, -0.15) is 0 Å². The Morgan fingerprint density at radius 1 is 1.05 bits per heavy atom. The van der Waals surface area contributed by atoms with E-state index in [1.165, 1.54) is 6.92 Å². The number of hydrogen-bond donors (Lipinski definition) is 4. The van der Waals surface area contributed by atoms with Gasteiger partial charge in [0.1, 0.15) is 12.1 Å². The van der Waals surface area contributed by atoms with Gasteiger partial charge in [0, 0.05) is 0 Å². The van der Waals surface area contributed by atoms with Gasteiger partial charge in [0.05, 0.1) is 6.04 Å². The van der Waals surface area contributed by atoms with E-state index in [4.69, 9.17) is 5.73 Å². The van der Waals surface area contributed by atoms with Crippen molar-refractivity contribution in [1.29, 1.82) is 0 Å². The molecule has 0 fully saturated rings. The van der Waals surface area contributed by atoms with Gasteiger partial charge in [-0.1, -0.05) is 34.1 Å². The van der Waals surface area contributed by atoms with Crippen LogP contribution in [0.3, 0.4) is 0 Å². The maximum absolute atomic E-state index is 12.4. The smallest absolute Gasteiger partial charge is 0.326 e. The molecule has 7 nitrogen and oxygen atoms in total. The quantitative estimate of drug-likeness (QED) is 0.493. The van der Waals surface area contributed by atoms with Gasteiger partial charge in [-0.05, 0) is 25.2 Å². The summed E-state index contributed by atoms with van der Waals surface area (Å²) in [7, 11) is 0. The van der Waals surface area contributed by atoms with Crippen molar-refractivity contribution in [3.05, 3.63) is 0 Å². The summed E-state index contributed by atoms with van der Waals surface area (Å²) in [6.45, 7) is 9.01. The molecule has 128 valence electrons. The van der Waals surface area contributed by atoms with Crippen LogP contribution in [0.15, 0.2) is 0 Å². The molecule has 0 aliphatic rings. The molecule has 0 aliphatic heterocycles. The number of carboxylic acids is 1. The van der Waals surface area contributed by atoms with Crippen molar-refractivity contribution in [2.45, 2.75) is 65.6 Å². The highest BCUT2D eigenvalue weighted by Gasteiger charge is 2.30. The molecule has 22 heavy (non-hydrogen) atoms. The second kappa shape index (κ2) is 9.40. The first kappa shape index (κ1) is 20.4. The van der Waals surface area contributed by atoms with Crippen LogP contribution in [-0.2, 0) is 14.4 Å². The molecule has 0 spiro atoms. The molecule has 0 rings (SSSR count). The van der Waals surface area contributed by atoms with Crippen LogP contribution in [0.1, 0.15) is 47.5 Å². The summed E-state index contributed by atoms with van der Waals surface area (Å²) in [6, 6.07) is -2.49. The summed E-state index contributed by atoms with van der Waals surface area (Å²) in [5, 5.41) is 14.3. The van der Waals surface area contributed by atoms with Crippen LogP contribution in [0.2, 0.25) is 0 Å². The lowest BCUT2D eigenvalue weighted by Gasteiger charge is -2.26. The molecule has 0 heterocycles. The molecule has 4 unspecified atom stereocenters. The van der Waals surface area contributed by atoms with Crippen molar-refractivity contribution in [3.63, 3.8) is 0 Å². The average molecular weight is 315 g/mol. The second-order valence-electron chi connectivity index (χ2n) is 6.19. The second-order valence-corrected chi connectivity index (χ2v) is 6.19. The number of hydrogen-bond acceptors (Lipinski definition) is 4. The summed E-state index contributed by atoms with van der Waals surface area (Å²) in [6.07, 6.45) is 0.995. The van der Waals surface area contributed by atoms with Crippen LogP contribution in [0.5, 0.6) is 0 Å². The SMILES string of the molecule is CCC(C)C(NC(=O)C(C)N)C(=O)NC(CC(C)C)C(=O)O. The van der Waals surface area contributed by atoms with Crippen LogP contribution < -0.4 is 16.4 Å². The van der Waals surface area contributed by atoms with Crippen molar-refractivity contribution in [1.82, 2.24) is 10.6 Å². The van der Waals surface area contributed by atoms with E-state index in [1.54, 1.807) is 0 Å². The van der Waals surface area contributed by atoms with Crippen molar-refractivity contribution in [2.24, 2.45) is 17.6 Å². The fraction of sp³-hybridized carbons (Fsp3) is 0.800. The normalized spacial score (nSPS) is 16.5. The van der Waals surface area contributed by atoms with Gasteiger partial charge in [0.15, 0.2) is 0 Å². The third-order valence-corrected chi connectivity index (χ3v) is 3.53. The molecule has 0 aromatic carbocycles. The van der Waals surface area contributed by atoms with Gasteiger partial charge in [-0.15, -0.1) is 0 Å². The standard InChI is InChI=1S/C15H29N3O4/c1-6-9(4)12(18-13(19)10(5)16)14(20)17-11(15(21)22)7-8(2)3/h8-12H,6-7,16H2,1-5H3,(H,17,20)(H,18,19)(H,21,22). The van der Waals surface area contributed by atoms with Crippen LogP contribution in [0.4, 0.5) is 0 Å². The summed E-state index contributed by atoms with van der Waals surface area (Å²) < 4.78 is 0. The Hall–Kier alpha value is -1.63. The number of rotatable bonds is 9. The summed E-state index contributed by atoms with van der Waals surface area (Å²) in [5.74, 6) is -2.01. The van der Waals surface area contributed by atoms with Crippen molar-refractivity contribution >= 4 is 17.8 Å². The Kier molecular flexibility index (Phi) is 8.70. The number of aliphatic carboxylic acids is 1. The number of nitrogens with one attached hydrogen (secondary N) is 2. The third kappa shape index (κ3) is 6.89. The van der Waals surface area contributed by atoms with Gasteiger partial charge in [-0.25, -0.2) is 4.79 Å². The predicted molar refractivity (Wildman–Crippen MR) is 84.1 cm³/mol. The van der Waals surface area contributed by atoms with Crippen LogP contribution in [0.25, 0.3) is 0 Å². The molecule has 0 radical (unpaired) electrons. The molecule has 0 aromatic heterocycles. The van der Waals surface area contributed by atoms with Gasteiger partial charge in [0.2, 0.25) is 11.8 Å². The zero-order valence-corrected chi connectivity index (χ0v) is 14.1. The fourth-order valence-corrected chi connectivity index (χ4v) is 1.94. The molecular formula is C15H29N3O4. The molecule has 0 saturated carbocycles. The highest BCUT2D eigenvalue weighted by molar-refractivity contribution is 5.91. The Labute approximate surface area is 132 Å². The summed E-state index contributed by atoms with van der Waals surface area (Å²) in [4.78, 5) is 35.4. The fourth-order valence-electron chi connectivity index (χ4n) is 1.94. The topological polar surface area (TPSA) is 122 Å². The van der Waals surface area contributed by atoms with E-state index in [1.807, 2.05) is 27.7 Å². The lowest BCUT2D eigenvalue weighted by Crippen LogP contribution is -2.56. The van der Waals surface area contributed by atoms with Crippen molar-refractivity contribution in [2.75, 3.05) is 0 Å². The molecule has 5 N–H and O–H groups in total. The van der Waals surface area contributed by atoms with Gasteiger partial charge >= 0.3 is 5.97 Å². The largest absolute Gasteiger partial charge is 0.480 e. The van der Waals surface area contributed by atoms with E-state index in [-0.39, 0.29) is 11.8 Å². The molecule has 2 amide bonds. The molecule has 7 heteroatoms. The van der Waals surface area contributed by atoms with Crippen LogP contribution >= 0.6 is 0 Å². The predicted octanol–water partition coefficient (Wildman–Crippen LogP) is 0.480. The number of carbonyl (C=O) groups excluding carboxylic acids is 2. The number of amides is 2. The number of nitrogens with two attached hydrogens (primary N) is 1. The molecule has 0 bridgehead atoms. The Balaban J connectivity index is 5.01. The van der Waals surface area contributed by atoms with Crippen LogP contribution in [-0.4, -0.2) is 41.0 Å². The monoisotopic (exact) mass is 315 g/mol. The van der Waals surface area contributed by atoms with Crippen molar-refractivity contribution < 1.29 is 19.5 Å². The van der Waals surface area contributed by atoms with E-state index in [2.05, 4.69) is 10.6 Å². The minimum Gasteiger partial charge on any atom is -0.480 e. The highest BCUT2D eigenvalue weighted by Crippen LogP contribution is 2.10. The summed E-state index contributed by atoms with van der Waals surface area (Å²) in [5.41, 5.74) is 5.50. The molecule has 0 aliphatic carbocycles. The van der Waals surface area contributed by atoms with E-state index < -0.39 is 35.9 Å². The zero-order valence-electron chi connectivity index (χ0n) is 14.1. The third-order valence-electron chi connectivity index (χ3n) is 3.53. The van der Waals surface area contributed by atoms with E-state index >= 15 is 0 Å². The molecular weight excluding hydrogens is 286 g/mol. The average Bonchev–Trinajstić information content (AvgIpc) is 2.41. The first-order chi connectivity index (χ1) is 10.1. The Bertz CT molecular complexity index is 396.